The van der Waals surface area contributed by atoms with Gasteiger partial charge in [0.15, 0.2) is 17.3 Å². The summed E-state index contributed by atoms with van der Waals surface area (Å²) in [6.07, 6.45) is 1.85. The van der Waals surface area contributed by atoms with Crippen LogP contribution in [0.1, 0.15) is 86.4 Å². The van der Waals surface area contributed by atoms with Gasteiger partial charge in [0.25, 0.3) is 5.69 Å². The average Bonchev–Trinajstić information content (AvgIpc) is 3.11. The van der Waals surface area contributed by atoms with Gasteiger partial charge in [0.05, 0.1) is 44.0 Å². The van der Waals surface area contributed by atoms with E-state index in [9.17, 15) is 14.9 Å². The van der Waals surface area contributed by atoms with E-state index in [2.05, 4.69) is 51.1 Å². The monoisotopic (exact) mass is 697 g/mol. The normalized spacial score (nSPS) is 11.6. The van der Waals surface area contributed by atoms with Crippen LogP contribution >= 0.6 is 0 Å². The predicted octanol–water partition coefficient (Wildman–Crippen LogP) is 9.62. The Kier molecular flexibility index (Phi) is 12.9. The van der Waals surface area contributed by atoms with Crippen molar-refractivity contribution in [1.29, 1.82) is 0 Å². The van der Waals surface area contributed by atoms with E-state index in [0.29, 0.717) is 23.7 Å². The number of rotatable bonds is 17. The highest BCUT2D eigenvalue weighted by Crippen LogP contribution is 2.42. The van der Waals surface area contributed by atoms with Gasteiger partial charge in [-0.2, -0.15) is 0 Å². The van der Waals surface area contributed by atoms with Gasteiger partial charge in [0.1, 0.15) is 24.7 Å². The lowest BCUT2D eigenvalue weighted by atomic mass is 9.70. The lowest BCUT2D eigenvalue weighted by Gasteiger charge is -2.34. The first-order chi connectivity index (χ1) is 24.3. The fourth-order valence-electron chi connectivity index (χ4n) is 6.18. The van der Waals surface area contributed by atoms with Crippen LogP contribution in [0.5, 0.6) is 23.0 Å². The molecule has 0 unspecified atom stereocenters. The molecule has 0 fully saturated rings. The van der Waals surface area contributed by atoms with Crippen LogP contribution < -0.4 is 18.9 Å². The summed E-state index contributed by atoms with van der Waals surface area (Å²) in [5.74, 6) is 2.33. The molecule has 9 heteroatoms. The quantitative estimate of drug-likeness (QED) is 0.0793. The molecule has 0 heterocycles. The standard InChI is InChI=1S/C42H51NO8/c1-10-42(11-2,34-17-19-37(29(4)21-34)51-27-40(44)41(5,6)7)33-16-18-36(28(3)20-33)50-25-31-14-12-30(13-15-31)24-49-26-32-22-38(47-8)39(48-9)23-35(32)43(45)46/h12-23H,10-11,24-27H2,1-9H3. The summed E-state index contributed by atoms with van der Waals surface area (Å²) in [7, 11) is 2.92. The largest absolute Gasteiger partial charge is 0.493 e. The molecule has 0 saturated carbocycles. The van der Waals surface area contributed by atoms with Crippen molar-refractivity contribution in [3.8, 4) is 23.0 Å². The van der Waals surface area contributed by atoms with E-state index in [1.807, 2.05) is 58.0 Å². The molecule has 0 aromatic heterocycles. The van der Waals surface area contributed by atoms with Crippen LogP contribution in [-0.2, 0) is 34.8 Å². The first kappa shape index (κ1) is 38.9. The van der Waals surface area contributed by atoms with Gasteiger partial charge in [-0.15, -0.1) is 0 Å². The highest BCUT2D eigenvalue weighted by Gasteiger charge is 2.32. The molecule has 0 aliphatic carbocycles. The molecule has 0 spiro atoms. The maximum absolute atomic E-state index is 12.4. The smallest absolute Gasteiger partial charge is 0.278 e. The Morgan fingerprint density at radius 1 is 0.686 bits per heavy atom. The van der Waals surface area contributed by atoms with Gasteiger partial charge in [0.2, 0.25) is 0 Å². The number of carbonyl (C=O) groups excluding carboxylic acids is 1. The topological polar surface area (TPSA) is 106 Å². The zero-order valence-electron chi connectivity index (χ0n) is 31.4. The predicted molar refractivity (Wildman–Crippen MR) is 199 cm³/mol. The Morgan fingerprint density at radius 3 is 1.67 bits per heavy atom. The number of nitrogens with zero attached hydrogens (tertiary/aromatic N) is 1. The fourth-order valence-corrected chi connectivity index (χ4v) is 6.18. The highest BCUT2D eigenvalue weighted by molar-refractivity contribution is 5.85. The van der Waals surface area contributed by atoms with Crippen molar-refractivity contribution in [2.75, 3.05) is 20.8 Å². The van der Waals surface area contributed by atoms with Crippen molar-refractivity contribution in [3.05, 3.63) is 122 Å². The molecular weight excluding hydrogens is 646 g/mol. The van der Waals surface area contributed by atoms with E-state index in [0.717, 1.165) is 46.6 Å². The summed E-state index contributed by atoms with van der Waals surface area (Å²) >= 11 is 0. The van der Waals surface area contributed by atoms with Crippen LogP contribution in [0.4, 0.5) is 5.69 Å². The Bertz CT molecular complexity index is 1820. The number of hydrogen-bond donors (Lipinski definition) is 0. The Hall–Kier alpha value is -4.89. The minimum absolute atomic E-state index is 0.0489. The number of Topliss-reactive ketones (excluding diaryl/α,β-unsaturated/α-hetero) is 1. The number of hydrogen-bond acceptors (Lipinski definition) is 8. The second kappa shape index (κ2) is 16.9. The zero-order chi connectivity index (χ0) is 37.3. The van der Waals surface area contributed by atoms with Gasteiger partial charge in [-0.05, 0) is 78.3 Å². The molecule has 0 bridgehead atoms. The number of aryl methyl sites for hydroxylation is 2. The van der Waals surface area contributed by atoms with Crippen molar-refractivity contribution >= 4 is 11.5 Å². The number of nitro groups is 1. The number of ketones is 1. The summed E-state index contributed by atoms with van der Waals surface area (Å²) in [4.78, 5) is 23.6. The van der Waals surface area contributed by atoms with Gasteiger partial charge < -0.3 is 23.7 Å². The van der Waals surface area contributed by atoms with Crippen LogP contribution in [0.2, 0.25) is 0 Å². The molecule has 0 aliphatic rings. The number of carbonyl (C=O) groups is 1. The molecule has 4 rings (SSSR count). The van der Waals surface area contributed by atoms with Gasteiger partial charge in [0, 0.05) is 10.8 Å². The minimum atomic E-state index is -0.453. The maximum Gasteiger partial charge on any atom is 0.278 e. The summed E-state index contributed by atoms with van der Waals surface area (Å²) < 4.78 is 28.5. The van der Waals surface area contributed by atoms with Crippen molar-refractivity contribution in [2.45, 2.75) is 86.5 Å². The van der Waals surface area contributed by atoms with E-state index < -0.39 is 10.3 Å². The van der Waals surface area contributed by atoms with E-state index in [-0.39, 0.29) is 36.7 Å². The molecular formula is C42H51NO8. The molecule has 0 saturated heterocycles. The second-order valence-electron chi connectivity index (χ2n) is 13.9. The van der Waals surface area contributed by atoms with E-state index in [1.54, 1.807) is 6.07 Å². The van der Waals surface area contributed by atoms with Crippen molar-refractivity contribution in [1.82, 2.24) is 0 Å². The molecule has 51 heavy (non-hydrogen) atoms. The number of ether oxygens (including phenoxy) is 5. The van der Waals surface area contributed by atoms with Gasteiger partial charge in [-0.3, -0.25) is 14.9 Å². The fraction of sp³-hybridized carbons (Fsp3) is 0.405. The maximum atomic E-state index is 12.4. The molecule has 0 radical (unpaired) electrons. The first-order valence-corrected chi connectivity index (χ1v) is 17.3. The number of benzene rings is 4. The van der Waals surface area contributed by atoms with E-state index in [4.69, 9.17) is 23.7 Å². The molecule has 4 aromatic rings. The van der Waals surface area contributed by atoms with Crippen LogP contribution in [0, 0.1) is 29.4 Å². The lowest BCUT2D eigenvalue weighted by molar-refractivity contribution is -0.386. The molecule has 0 amide bonds. The molecule has 0 N–H and O–H groups in total. The van der Waals surface area contributed by atoms with Crippen LogP contribution in [-0.4, -0.2) is 31.5 Å². The average molecular weight is 698 g/mol. The Balaban J connectivity index is 1.39. The number of nitro benzene ring substituents is 1. The van der Waals surface area contributed by atoms with Crippen LogP contribution in [0.25, 0.3) is 0 Å². The molecule has 0 aliphatic heterocycles. The minimum Gasteiger partial charge on any atom is -0.493 e. The van der Waals surface area contributed by atoms with Crippen molar-refractivity contribution in [2.24, 2.45) is 5.41 Å². The van der Waals surface area contributed by atoms with Crippen molar-refractivity contribution in [3.63, 3.8) is 0 Å². The SMILES string of the molecule is CCC(CC)(c1ccc(OCC(=O)C(C)(C)C)c(C)c1)c1ccc(OCc2ccc(COCc3cc(OC)c(OC)cc3[N+](=O)[O-])cc2)c(C)c1. The van der Waals surface area contributed by atoms with E-state index >= 15 is 0 Å². The molecule has 0 atom stereocenters. The molecule has 9 nitrogen and oxygen atoms in total. The van der Waals surface area contributed by atoms with E-state index in [1.165, 1.54) is 31.4 Å². The summed E-state index contributed by atoms with van der Waals surface area (Å²) in [6.45, 7) is 15.1. The van der Waals surface area contributed by atoms with Crippen molar-refractivity contribution < 1.29 is 33.4 Å². The Labute approximate surface area is 302 Å². The van der Waals surface area contributed by atoms with Crippen LogP contribution in [0.3, 0.4) is 0 Å². The van der Waals surface area contributed by atoms with Crippen LogP contribution in [0.15, 0.2) is 72.8 Å². The molecule has 4 aromatic carbocycles. The summed E-state index contributed by atoms with van der Waals surface area (Å²) in [6, 6.07) is 23.6. The highest BCUT2D eigenvalue weighted by atomic mass is 16.6. The lowest BCUT2D eigenvalue weighted by Crippen LogP contribution is -2.27. The third-order valence-electron chi connectivity index (χ3n) is 9.58. The molecule has 272 valence electrons. The summed E-state index contributed by atoms with van der Waals surface area (Å²) in [5.41, 5.74) is 6.17. The van der Waals surface area contributed by atoms with Gasteiger partial charge in [-0.1, -0.05) is 83.1 Å². The summed E-state index contributed by atoms with van der Waals surface area (Å²) in [5, 5.41) is 11.6. The number of methoxy groups -OCH3 is 2. The second-order valence-corrected chi connectivity index (χ2v) is 13.9. The Morgan fingerprint density at radius 2 is 1.20 bits per heavy atom. The third-order valence-corrected chi connectivity index (χ3v) is 9.58. The third kappa shape index (κ3) is 9.27. The van der Waals surface area contributed by atoms with Gasteiger partial charge in [-0.25, -0.2) is 0 Å². The van der Waals surface area contributed by atoms with Gasteiger partial charge >= 0.3 is 0 Å². The zero-order valence-corrected chi connectivity index (χ0v) is 31.4. The first-order valence-electron chi connectivity index (χ1n) is 17.3.